The third kappa shape index (κ3) is 5.09. The molecule has 0 atom stereocenters. The molecule has 1 rings (SSSR count). The molecule has 0 fully saturated rings. The van der Waals surface area contributed by atoms with Gasteiger partial charge in [0.25, 0.3) is 0 Å². The Labute approximate surface area is 120 Å². The van der Waals surface area contributed by atoms with E-state index in [0.717, 1.165) is 6.54 Å². The highest BCUT2D eigenvalue weighted by atomic mass is 16.5. The van der Waals surface area contributed by atoms with Gasteiger partial charge in [-0.05, 0) is 39.6 Å². The fourth-order valence-electron chi connectivity index (χ4n) is 1.69. The van der Waals surface area contributed by atoms with Crippen molar-refractivity contribution in [3.05, 3.63) is 18.2 Å². The molecule has 5 heteroatoms. The highest BCUT2D eigenvalue weighted by molar-refractivity contribution is 5.92. The quantitative estimate of drug-likeness (QED) is 0.794. The van der Waals surface area contributed by atoms with Gasteiger partial charge in [0.1, 0.15) is 0 Å². The Hall–Kier alpha value is -1.75. The molecule has 0 radical (unpaired) electrons. The molecule has 0 aliphatic rings. The smallest absolute Gasteiger partial charge is 0.238 e. The van der Waals surface area contributed by atoms with Crippen molar-refractivity contribution in [2.75, 3.05) is 38.7 Å². The van der Waals surface area contributed by atoms with Crippen LogP contribution in [0.25, 0.3) is 0 Å². The number of likely N-dealkylation sites (N-methyl/N-ethyl adjacent to an activating group) is 1. The molecule has 0 saturated heterocycles. The van der Waals surface area contributed by atoms with Crippen molar-refractivity contribution in [1.29, 1.82) is 0 Å². The second-order valence-corrected chi connectivity index (χ2v) is 4.41. The second kappa shape index (κ2) is 8.43. The standard InChI is InChI=1S/C15H24N2O3/c1-5-17(4)11-15(18)16-12-8-9-13(19-6-2)14(10-12)20-7-3/h8-10H,5-7,11H2,1-4H3,(H,16,18). The zero-order valence-corrected chi connectivity index (χ0v) is 12.7. The van der Waals surface area contributed by atoms with Crippen molar-refractivity contribution in [3.63, 3.8) is 0 Å². The van der Waals surface area contributed by atoms with E-state index < -0.39 is 0 Å². The number of nitrogens with one attached hydrogen (secondary N) is 1. The van der Waals surface area contributed by atoms with Crippen LogP contribution >= 0.6 is 0 Å². The van der Waals surface area contributed by atoms with Gasteiger partial charge in [0.2, 0.25) is 5.91 Å². The van der Waals surface area contributed by atoms with Crippen molar-refractivity contribution in [2.45, 2.75) is 20.8 Å². The summed E-state index contributed by atoms with van der Waals surface area (Å²) in [6.45, 7) is 8.18. The second-order valence-electron chi connectivity index (χ2n) is 4.41. The molecular formula is C15H24N2O3. The Morgan fingerprint density at radius 3 is 2.40 bits per heavy atom. The Balaban J connectivity index is 2.75. The van der Waals surface area contributed by atoms with Crippen LogP contribution in [0.2, 0.25) is 0 Å². The summed E-state index contributed by atoms with van der Waals surface area (Å²) >= 11 is 0. The normalized spacial score (nSPS) is 10.4. The lowest BCUT2D eigenvalue weighted by Gasteiger charge is -2.15. The molecule has 0 aromatic heterocycles. The summed E-state index contributed by atoms with van der Waals surface area (Å²) in [4.78, 5) is 13.8. The minimum absolute atomic E-state index is 0.0408. The molecule has 5 nitrogen and oxygen atoms in total. The number of carbonyl (C=O) groups is 1. The number of anilines is 1. The summed E-state index contributed by atoms with van der Waals surface area (Å²) < 4.78 is 11.0. The zero-order chi connectivity index (χ0) is 15.0. The Morgan fingerprint density at radius 2 is 1.80 bits per heavy atom. The van der Waals surface area contributed by atoms with Crippen LogP contribution in [0, 0.1) is 0 Å². The molecular weight excluding hydrogens is 256 g/mol. The van der Waals surface area contributed by atoms with Crippen LogP contribution in [0.5, 0.6) is 11.5 Å². The first-order valence-electron chi connectivity index (χ1n) is 6.98. The van der Waals surface area contributed by atoms with Crippen LogP contribution in [-0.4, -0.2) is 44.2 Å². The number of amides is 1. The van der Waals surface area contributed by atoms with E-state index in [-0.39, 0.29) is 5.91 Å². The summed E-state index contributed by atoms with van der Waals surface area (Å²) in [7, 11) is 1.91. The summed E-state index contributed by atoms with van der Waals surface area (Å²) in [6, 6.07) is 5.42. The van der Waals surface area contributed by atoms with E-state index in [2.05, 4.69) is 5.32 Å². The van der Waals surface area contributed by atoms with E-state index in [4.69, 9.17) is 9.47 Å². The van der Waals surface area contributed by atoms with E-state index in [0.29, 0.717) is 36.9 Å². The van der Waals surface area contributed by atoms with Crippen molar-refractivity contribution in [3.8, 4) is 11.5 Å². The lowest BCUT2D eigenvalue weighted by atomic mass is 10.2. The third-order valence-corrected chi connectivity index (χ3v) is 2.78. The van der Waals surface area contributed by atoms with Gasteiger partial charge in [0, 0.05) is 11.8 Å². The predicted octanol–water partition coefficient (Wildman–Crippen LogP) is 2.37. The molecule has 0 saturated carbocycles. The molecule has 20 heavy (non-hydrogen) atoms. The number of hydrogen-bond acceptors (Lipinski definition) is 4. The number of carbonyl (C=O) groups excluding carboxylic acids is 1. The monoisotopic (exact) mass is 280 g/mol. The van der Waals surface area contributed by atoms with Gasteiger partial charge >= 0.3 is 0 Å². The first-order valence-corrected chi connectivity index (χ1v) is 6.98. The van der Waals surface area contributed by atoms with Crippen LogP contribution < -0.4 is 14.8 Å². The highest BCUT2D eigenvalue weighted by Gasteiger charge is 2.09. The topological polar surface area (TPSA) is 50.8 Å². The Bertz CT molecular complexity index is 435. The number of nitrogens with zero attached hydrogens (tertiary/aromatic N) is 1. The van der Waals surface area contributed by atoms with E-state index >= 15 is 0 Å². The van der Waals surface area contributed by atoms with E-state index in [1.165, 1.54) is 0 Å². The van der Waals surface area contributed by atoms with Crippen molar-refractivity contribution < 1.29 is 14.3 Å². The average molecular weight is 280 g/mol. The van der Waals surface area contributed by atoms with Gasteiger partial charge in [0.15, 0.2) is 11.5 Å². The molecule has 112 valence electrons. The predicted molar refractivity (Wildman–Crippen MR) is 80.6 cm³/mol. The van der Waals surface area contributed by atoms with Gasteiger partial charge < -0.3 is 14.8 Å². The molecule has 0 bridgehead atoms. The Kier molecular flexibility index (Phi) is 6.87. The van der Waals surface area contributed by atoms with Gasteiger partial charge in [0.05, 0.1) is 19.8 Å². The molecule has 0 heterocycles. The van der Waals surface area contributed by atoms with Crippen LogP contribution in [0.15, 0.2) is 18.2 Å². The van der Waals surface area contributed by atoms with Crippen LogP contribution in [0.3, 0.4) is 0 Å². The summed E-state index contributed by atoms with van der Waals surface area (Å²) in [5, 5.41) is 2.86. The summed E-state index contributed by atoms with van der Waals surface area (Å²) in [5.41, 5.74) is 0.714. The fraction of sp³-hybridized carbons (Fsp3) is 0.533. The highest BCUT2D eigenvalue weighted by Crippen LogP contribution is 2.30. The fourth-order valence-corrected chi connectivity index (χ4v) is 1.69. The molecule has 0 aliphatic heterocycles. The SMILES string of the molecule is CCOc1ccc(NC(=O)CN(C)CC)cc1OCC. The molecule has 1 amide bonds. The van der Waals surface area contributed by atoms with E-state index in [9.17, 15) is 4.79 Å². The van der Waals surface area contributed by atoms with E-state index in [1.54, 1.807) is 6.07 Å². The maximum Gasteiger partial charge on any atom is 0.238 e. The number of ether oxygens (including phenoxy) is 2. The van der Waals surface area contributed by atoms with Gasteiger partial charge in [-0.2, -0.15) is 0 Å². The average Bonchev–Trinajstić information content (AvgIpc) is 2.42. The van der Waals surface area contributed by atoms with Gasteiger partial charge in [-0.1, -0.05) is 6.92 Å². The lowest BCUT2D eigenvalue weighted by Crippen LogP contribution is -2.29. The van der Waals surface area contributed by atoms with E-state index in [1.807, 2.05) is 44.9 Å². The van der Waals surface area contributed by atoms with Gasteiger partial charge in [-0.3, -0.25) is 9.69 Å². The number of benzene rings is 1. The lowest BCUT2D eigenvalue weighted by molar-refractivity contribution is -0.117. The Morgan fingerprint density at radius 1 is 1.15 bits per heavy atom. The summed E-state index contributed by atoms with van der Waals surface area (Å²) in [5.74, 6) is 1.30. The summed E-state index contributed by atoms with van der Waals surface area (Å²) in [6.07, 6.45) is 0. The molecule has 0 spiro atoms. The maximum absolute atomic E-state index is 11.8. The maximum atomic E-state index is 11.8. The minimum Gasteiger partial charge on any atom is -0.490 e. The number of hydrogen-bond donors (Lipinski definition) is 1. The molecule has 1 N–H and O–H groups in total. The van der Waals surface area contributed by atoms with Crippen LogP contribution in [0.1, 0.15) is 20.8 Å². The molecule has 1 aromatic rings. The van der Waals surface area contributed by atoms with Crippen molar-refractivity contribution in [1.82, 2.24) is 4.90 Å². The van der Waals surface area contributed by atoms with Crippen LogP contribution in [0.4, 0.5) is 5.69 Å². The number of rotatable bonds is 8. The van der Waals surface area contributed by atoms with Crippen molar-refractivity contribution in [2.24, 2.45) is 0 Å². The third-order valence-electron chi connectivity index (χ3n) is 2.78. The van der Waals surface area contributed by atoms with Gasteiger partial charge in [-0.15, -0.1) is 0 Å². The van der Waals surface area contributed by atoms with Gasteiger partial charge in [-0.25, -0.2) is 0 Å². The molecule has 0 unspecified atom stereocenters. The minimum atomic E-state index is -0.0408. The first kappa shape index (κ1) is 16.3. The molecule has 0 aliphatic carbocycles. The molecule has 1 aromatic carbocycles. The van der Waals surface area contributed by atoms with Crippen molar-refractivity contribution >= 4 is 11.6 Å². The van der Waals surface area contributed by atoms with Crippen LogP contribution in [-0.2, 0) is 4.79 Å². The first-order chi connectivity index (χ1) is 9.60. The zero-order valence-electron chi connectivity index (χ0n) is 12.7. The largest absolute Gasteiger partial charge is 0.490 e.